The number of aromatic nitrogens is 1. The Hall–Kier alpha value is -4.39. The fraction of sp³-hybridized carbons (Fsp3) is 0.233. The number of anilines is 1. The summed E-state index contributed by atoms with van der Waals surface area (Å²) < 4.78 is 6.29. The van der Waals surface area contributed by atoms with Crippen molar-refractivity contribution < 1.29 is 14.6 Å². The first-order valence-electron chi connectivity index (χ1n) is 12.6. The Bertz CT molecular complexity index is 1520. The molecule has 1 aliphatic heterocycles. The van der Waals surface area contributed by atoms with Gasteiger partial charge in [-0.05, 0) is 68.7 Å². The second-order valence-corrected chi connectivity index (χ2v) is 8.99. The van der Waals surface area contributed by atoms with Crippen LogP contribution in [0.15, 0.2) is 82.6 Å². The van der Waals surface area contributed by atoms with Gasteiger partial charge in [0.1, 0.15) is 0 Å². The monoisotopic (exact) mass is 495 g/mol. The van der Waals surface area contributed by atoms with Gasteiger partial charge in [-0.1, -0.05) is 30.3 Å². The van der Waals surface area contributed by atoms with Gasteiger partial charge in [-0.25, -0.2) is 9.36 Å². The third-order valence-corrected chi connectivity index (χ3v) is 6.65. The molecule has 0 bridgehead atoms. The van der Waals surface area contributed by atoms with Crippen molar-refractivity contribution in [2.75, 3.05) is 24.6 Å². The zero-order chi connectivity index (χ0) is 25.8. The molecule has 1 saturated heterocycles. The smallest absolute Gasteiger partial charge is 0.338 e. The van der Waals surface area contributed by atoms with E-state index in [9.17, 15) is 14.7 Å². The van der Waals surface area contributed by atoms with E-state index in [1.807, 2.05) is 30.3 Å². The Labute approximate surface area is 215 Å². The van der Waals surface area contributed by atoms with Gasteiger partial charge in [-0.15, -0.1) is 0 Å². The molecule has 0 aliphatic carbocycles. The average molecular weight is 496 g/mol. The Morgan fingerprint density at radius 1 is 0.946 bits per heavy atom. The third-order valence-electron chi connectivity index (χ3n) is 6.65. The summed E-state index contributed by atoms with van der Waals surface area (Å²) in [5.74, 6) is -0.656. The Morgan fingerprint density at radius 3 is 2.35 bits per heavy atom. The first kappa shape index (κ1) is 24.3. The van der Waals surface area contributed by atoms with Gasteiger partial charge >= 0.3 is 5.97 Å². The van der Waals surface area contributed by atoms with Crippen molar-refractivity contribution in [1.82, 2.24) is 4.57 Å². The van der Waals surface area contributed by atoms with Crippen molar-refractivity contribution in [2.24, 2.45) is 4.99 Å². The van der Waals surface area contributed by atoms with E-state index in [-0.39, 0.29) is 18.0 Å². The Balaban J connectivity index is 1.60. The van der Waals surface area contributed by atoms with Crippen LogP contribution in [0.4, 0.5) is 11.4 Å². The summed E-state index contributed by atoms with van der Waals surface area (Å²) in [6, 6.07) is 21.6. The van der Waals surface area contributed by atoms with Gasteiger partial charge in [-0.2, -0.15) is 0 Å². The lowest BCUT2D eigenvalue weighted by molar-refractivity contribution is 0.0526. The van der Waals surface area contributed by atoms with E-state index in [0.717, 1.165) is 37.3 Å². The van der Waals surface area contributed by atoms with Crippen molar-refractivity contribution in [3.63, 3.8) is 0 Å². The van der Waals surface area contributed by atoms with Gasteiger partial charge < -0.3 is 14.7 Å². The SMILES string of the molecule is CCOC(=O)c1ccc(-n2c(O)c(C=Nc3ccccc3N3CCCCC3)c3ccccc3c2=O)cc1. The van der Waals surface area contributed by atoms with Crippen LogP contribution >= 0.6 is 0 Å². The van der Waals surface area contributed by atoms with Crippen LogP contribution in [0.1, 0.15) is 42.1 Å². The molecule has 1 fully saturated rings. The molecule has 37 heavy (non-hydrogen) atoms. The summed E-state index contributed by atoms with van der Waals surface area (Å²) in [5, 5.41) is 12.4. The topological polar surface area (TPSA) is 84.1 Å². The van der Waals surface area contributed by atoms with Gasteiger partial charge in [0, 0.05) is 30.1 Å². The van der Waals surface area contributed by atoms with Crippen LogP contribution in [0.25, 0.3) is 16.5 Å². The number of carbonyl (C=O) groups excluding carboxylic acids is 1. The highest BCUT2D eigenvalue weighted by Gasteiger charge is 2.18. The molecule has 1 N–H and O–H groups in total. The molecule has 188 valence electrons. The average Bonchev–Trinajstić information content (AvgIpc) is 2.94. The minimum absolute atomic E-state index is 0.216. The van der Waals surface area contributed by atoms with Crippen molar-refractivity contribution in [2.45, 2.75) is 26.2 Å². The predicted molar refractivity (Wildman–Crippen MR) is 147 cm³/mol. The van der Waals surface area contributed by atoms with E-state index >= 15 is 0 Å². The quantitative estimate of drug-likeness (QED) is 0.278. The normalized spacial score (nSPS) is 13.8. The molecule has 0 atom stereocenters. The maximum atomic E-state index is 13.4. The van der Waals surface area contributed by atoms with E-state index in [1.54, 1.807) is 49.5 Å². The number of benzene rings is 3. The molecular weight excluding hydrogens is 466 g/mol. The molecule has 7 nitrogen and oxygen atoms in total. The van der Waals surface area contributed by atoms with Crippen molar-refractivity contribution in [3.05, 3.63) is 94.3 Å². The minimum Gasteiger partial charge on any atom is -0.494 e. The summed E-state index contributed by atoms with van der Waals surface area (Å²) in [4.78, 5) is 32.6. The van der Waals surface area contributed by atoms with Crippen molar-refractivity contribution >= 4 is 34.3 Å². The first-order chi connectivity index (χ1) is 18.1. The van der Waals surface area contributed by atoms with E-state index in [0.29, 0.717) is 27.6 Å². The number of aliphatic imine (C=N–C) groups is 1. The number of carbonyl (C=O) groups is 1. The van der Waals surface area contributed by atoms with Crippen LogP contribution in [0.2, 0.25) is 0 Å². The van der Waals surface area contributed by atoms with Gasteiger partial charge in [0.05, 0.1) is 34.8 Å². The first-order valence-corrected chi connectivity index (χ1v) is 12.6. The number of fused-ring (bicyclic) bond motifs is 1. The zero-order valence-electron chi connectivity index (χ0n) is 20.8. The third kappa shape index (κ3) is 4.85. The largest absolute Gasteiger partial charge is 0.494 e. The number of pyridine rings is 1. The van der Waals surface area contributed by atoms with Crippen LogP contribution in [-0.4, -0.2) is 41.6 Å². The second kappa shape index (κ2) is 10.7. The van der Waals surface area contributed by atoms with Crippen LogP contribution in [0.3, 0.4) is 0 Å². The highest BCUT2D eigenvalue weighted by molar-refractivity contribution is 6.02. The number of hydrogen-bond donors (Lipinski definition) is 1. The Kier molecular flexibility index (Phi) is 7.03. The van der Waals surface area contributed by atoms with E-state index < -0.39 is 5.97 Å². The number of ether oxygens (including phenoxy) is 1. The molecule has 2 heterocycles. The predicted octanol–water partition coefficient (Wildman–Crippen LogP) is 5.61. The maximum absolute atomic E-state index is 13.4. The highest BCUT2D eigenvalue weighted by Crippen LogP contribution is 2.32. The molecule has 1 aromatic heterocycles. The Morgan fingerprint density at radius 2 is 1.62 bits per heavy atom. The summed E-state index contributed by atoms with van der Waals surface area (Å²) >= 11 is 0. The number of hydrogen-bond acceptors (Lipinski definition) is 6. The molecule has 1 aliphatic rings. The summed E-state index contributed by atoms with van der Waals surface area (Å²) in [5.41, 5.74) is 2.76. The number of piperidine rings is 1. The molecule has 5 rings (SSSR count). The molecule has 0 amide bonds. The van der Waals surface area contributed by atoms with E-state index in [1.165, 1.54) is 11.0 Å². The van der Waals surface area contributed by atoms with Crippen molar-refractivity contribution in [3.8, 4) is 11.6 Å². The lowest BCUT2D eigenvalue weighted by Crippen LogP contribution is -2.29. The number of esters is 1. The van der Waals surface area contributed by atoms with Gasteiger partial charge in [0.15, 0.2) is 0 Å². The van der Waals surface area contributed by atoms with E-state index in [4.69, 9.17) is 9.73 Å². The lowest BCUT2D eigenvalue weighted by atomic mass is 10.1. The molecular formula is C30H29N3O4. The molecule has 4 aromatic rings. The second-order valence-electron chi connectivity index (χ2n) is 8.99. The number of aromatic hydroxyl groups is 1. The maximum Gasteiger partial charge on any atom is 0.338 e. The van der Waals surface area contributed by atoms with Crippen LogP contribution < -0.4 is 10.5 Å². The van der Waals surface area contributed by atoms with Gasteiger partial charge in [0.2, 0.25) is 5.88 Å². The standard InChI is InChI=1S/C30H29N3O4/c1-2-37-30(36)21-14-16-22(17-15-21)33-28(34)24-11-5-4-10-23(24)25(29(33)35)20-31-26-12-6-7-13-27(26)32-18-8-3-9-19-32/h4-7,10-17,20,35H,2-3,8-9,18-19H2,1H3. The summed E-state index contributed by atoms with van der Waals surface area (Å²) in [7, 11) is 0. The lowest BCUT2D eigenvalue weighted by Gasteiger charge is -2.29. The molecule has 7 heteroatoms. The zero-order valence-corrected chi connectivity index (χ0v) is 20.8. The van der Waals surface area contributed by atoms with Crippen LogP contribution in [0, 0.1) is 0 Å². The molecule has 3 aromatic carbocycles. The minimum atomic E-state index is -0.440. The van der Waals surface area contributed by atoms with Gasteiger partial charge in [0.25, 0.3) is 5.56 Å². The fourth-order valence-electron chi connectivity index (χ4n) is 4.80. The fourth-order valence-corrected chi connectivity index (χ4v) is 4.80. The van der Waals surface area contributed by atoms with Crippen LogP contribution in [0.5, 0.6) is 5.88 Å². The summed E-state index contributed by atoms with van der Waals surface area (Å²) in [6.45, 7) is 4.00. The molecule has 0 saturated carbocycles. The number of rotatable bonds is 6. The number of para-hydroxylation sites is 2. The molecule has 0 radical (unpaired) electrons. The van der Waals surface area contributed by atoms with Crippen molar-refractivity contribution in [1.29, 1.82) is 0 Å². The van der Waals surface area contributed by atoms with Gasteiger partial charge in [-0.3, -0.25) is 9.79 Å². The summed E-state index contributed by atoms with van der Waals surface area (Å²) in [6.07, 6.45) is 5.18. The molecule has 0 unspecified atom stereocenters. The number of nitrogens with zero attached hydrogens (tertiary/aromatic N) is 3. The highest BCUT2D eigenvalue weighted by atomic mass is 16.5. The van der Waals surface area contributed by atoms with Crippen LogP contribution in [-0.2, 0) is 4.74 Å². The van der Waals surface area contributed by atoms with E-state index in [2.05, 4.69) is 11.0 Å². The molecule has 0 spiro atoms.